The first-order chi connectivity index (χ1) is 10.2. The van der Waals surface area contributed by atoms with E-state index in [0.717, 1.165) is 5.69 Å². The zero-order valence-corrected chi connectivity index (χ0v) is 12.5. The molecule has 0 saturated heterocycles. The highest BCUT2D eigenvalue weighted by Gasteiger charge is 2.15. The van der Waals surface area contributed by atoms with E-state index in [1.165, 1.54) is 0 Å². The highest BCUT2D eigenvalue weighted by Crippen LogP contribution is 2.32. The molecule has 0 N–H and O–H groups in total. The summed E-state index contributed by atoms with van der Waals surface area (Å²) in [7, 11) is 0. The molecule has 0 unspecified atom stereocenters. The summed E-state index contributed by atoms with van der Waals surface area (Å²) < 4.78 is 0. The van der Waals surface area contributed by atoms with Crippen molar-refractivity contribution in [3.8, 4) is 0 Å². The van der Waals surface area contributed by atoms with E-state index in [-0.39, 0.29) is 0 Å². The van der Waals surface area contributed by atoms with Gasteiger partial charge in [-0.3, -0.25) is 4.90 Å². The number of halogens is 2. The Morgan fingerprint density at radius 3 is 1.62 bits per heavy atom. The third kappa shape index (κ3) is 3.15. The fourth-order valence-corrected chi connectivity index (χ4v) is 2.32. The summed E-state index contributed by atoms with van der Waals surface area (Å²) in [6.07, 6.45) is 0. The van der Waals surface area contributed by atoms with E-state index in [4.69, 9.17) is 23.2 Å². The molecule has 0 radical (unpaired) electrons. The van der Waals surface area contributed by atoms with Crippen LogP contribution in [0.2, 0.25) is 10.3 Å². The van der Waals surface area contributed by atoms with Gasteiger partial charge < -0.3 is 0 Å². The summed E-state index contributed by atoms with van der Waals surface area (Å²) in [6.45, 7) is 0. The number of hydrogen-bond acceptors (Lipinski definition) is 3. The van der Waals surface area contributed by atoms with Crippen molar-refractivity contribution in [3.05, 3.63) is 77.0 Å². The van der Waals surface area contributed by atoms with Crippen LogP contribution in [-0.2, 0) is 0 Å². The molecule has 0 aliphatic heterocycles. The lowest BCUT2D eigenvalue weighted by atomic mass is 10.2. The molecule has 5 heteroatoms. The van der Waals surface area contributed by atoms with Crippen molar-refractivity contribution < 1.29 is 0 Å². The smallest absolute Gasteiger partial charge is 0.140 e. The van der Waals surface area contributed by atoms with E-state index in [0.29, 0.717) is 21.9 Å². The first kappa shape index (κ1) is 13.9. The Labute approximate surface area is 132 Å². The van der Waals surface area contributed by atoms with Crippen LogP contribution < -0.4 is 4.90 Å². The largest absolute Gasteiger partial charge is 0.279 e. The predicted molar refractivity (Wildman–Crippen MR) is 86.7 cm³/mol. The Hall–Kier alpha value is -2.10. The van der Waals surface area contributed by atoms with Gasteiger partial charge in [0, 0.05) is 5.69 Å². The molecule has 1 aromatic carbocycles. The second-order valence-electron chi connectivity index (χ2n) is 4.31. The molecule has 0 aliphatic carbocycles. The van der Waals surface area contributed by atoms with Crippen molar-refractivity contribution in [2.45, 2.75) is 0 Å². The van der Waals surface area contributed by atoms with Gasteiger partial charge >= 0.3 is 0 Å². The van der Waals surface area contributed by atoms with Crippen LogP contribution in [0.3, 0.4) is 0 Å². The Morgan fingerprint density at radius 1 is 0.619 bits per heavy atom. The predicted octanol–water partition coefficient (Wildman–Crippen LogP) is 5.25. The SMILES string of the molecule is Clc1cccc(N(c2ccccc2)c2cccc(Cl)n2)n1. The molecule has 0 bridgehead atoms. The standard InChI is InChI=1S/C16H11Cl2N3/c17-13-8-4-10-15(19-13)21(12-6-2-1-3-7-12)16-11-5-9-14(18)20-16/h1-11H. The van der Waals surface area contributed by atoms with E-state index >= 15 is 0 Å². The van der Waals surface area contributed by atoms with Crippen LogP contribution in [0.1, 0.15) is 0 Å². The summed E-state index contributed by atoms with van der Waals surface area (Å²) in [5, 5.41) is 0.853. The number of nitrogens with zero attached hydrogens (tertiary/aromatic N) is 3. The third-order valence-electron chi connectivity index (χ3n) is 2.87. The van der Waals surface area contributed by atoms with Crippen LogP contribution in [0.5, 0.6) is 0 Å². The molecular weight excluding hydrogens is 305 g/mol. The van der Waals surface area contributed by atoms with Gasteiger partial charge in [0.2, 0.25) is 0 Å². The number of anilines is 3. The molecular formula is C16H11Cl2N3. The molecule has 2 aromatic heterocycles. The number of benzene rings is 1. The van der Waals surface area contributed by atoms with Gasteiger partial charge in [-0.15, -0.1) is 0 Å². The van der Waals surface area contributed by atoms with Gasteiger partial charge in [0.25, 0.3) is 0 Å². The average Bonchev–Trinajstić information content (AvgIpc) is 2.49. The van der Waals surface area contributed by atoms with Gasteiger partial charge in [0.05, 0.1) is 0 Å². The molecule has 104 valence electrons. The van der Waals surface area contributed by atoms with Crippen molar-refractivity contribution >= 4 is 40.5 Å². The van der Waals surface area contributed by atoms with Crippen molar-refractivity contribution in [2.75, 3.05) is 4.90 Å². The fraction of sp³-hybridized carbons (Fsp3) is 0. The first-order valence-corrected chi connectivity index (χ1v) is 7.10. The van der Waals surface area contributed by atoms with E-state index < -0.39 is 0 Å². The maximum atomic E-state index is 6.01. The molecule has 0 spiro atoms. The second-order valence-corrected chi connectivity index (χ2v) is 5.08. The zero-order valence-electron chi connectivity index (χ0n) is 10.9. The Kier molecular flexibility index (Phi) is 4.04. The molecule has 0 atom stereocenters. The molecule has 0 amide bonds. The van der Waals surface area contributed by atoms with Gasteiger partial charge in [0.1, 0.15) is 21.9 Å². The van der Waals surface area contributed by atoms with Gasteiger partial charge in [-0.25, -0.2) is 9.97 Å². The Bertz CT molecular complexity index is 702. The third-order valence-corrected chi connectivity index (χ3v) is 3.29. The van der Waals surface area contributed by atoms with Gasteiger partial charge in [0.15, 0.2) is 0 Å². The van der Waals surface area contributed by atoms with Gasteiger partial charge in [-0.05, 0) is 36.4 Å². The molecule has 3 nitrogen and oxygen atoms in total. The van der Waals surface area contributed by atoms with Gasteiger partial charge in [-0.1, -0.05) is 53.5 Å². The minimum Gasteiger partial charge on any atom is -0.279 e. The van der Waals surface area contributed by atoms with Gasteiger partial charge in [-0.2, -0.15) is 0 Å². The van der Waals surface area contributed by atoms with Crippen LogP contribution in [0.4, 0.5) is 17.3 Å². The first-order valence-electron chi connectivity index (χ1n) is 6.34. The number of rotatable bonds is 3. The Morgan fingerprint density at radius 2 is 1.14 bits per heavy atom. The van der Waals surface area contributed by atoms with Crippen LogP contribution in [-0.4, -0.2) is 9.97 Å². The average molecular weight is 316 g/mol. The molecule has 21 heavy (non-hydrogen) atoms. The highest BCUT2D eigenvalue weighted by atomic mass is 35.5. The summed E-state index contributed by atoms with van der Waals surface area (Å²) in [4.78, 5) is 10.6. The summed E-state index contributed by atoms with van der Waals surface area (Å²) in [6, 6.07) is 20.8. The fourth-order valence-electron chi connectivity index (χ4n) is 2.00. The van der Waals surface area contributed by atoms with Crippen LogP contribution in [0.15, 0.2) is 66.7 Å². The summed E-state index contributed by atoms with van der Waals surface area (Å²) in [5.74, 6) is 1.37. The van der Waals surface area contributed by atoms with Crippen LogP contribution in [0.25, 0.3) is 0 Å². The van der Waals surface area contributed by atoms with Crippen molar-refractivity contribution in [2.24, 2.45) is 0 Å². The van der Waals surface area contributed by atoms with E-state index in [1.807, 2.05) is 59.5 Å². The maximum Gasteiger partial charge on any atom is 0.140 e. The molecule has 0 aliphatic rings. The minimum absolute atomic E-state index is 0.426. The minimum atomic E-state index is 0.426. The lowest BCUT2D eigenvalue weighted by molar-refractivity contribution is 1.13. The highest BCUT2D eigenvalue weighted by molar-refractivity contribution is 6.29. The molecule has 0 saturated carbocycles. The van der Waals surface area contributed by atoms with E-state index in [1.54, 1.807) is 12.1 Å². The normalized spacial score (nSPS) is 10.4. The number of pyridine rings is 2. The van der Waals surface area contributed by atoms with Crippen molar-refractivity contribution in [3.63, 3.8) is 0 Å². The number of hydrogen-bond donors (Lipinski definition) is 0. The monoisotopic (exact) mass is 315 g/mol. The topological polar surface area (TPSA) is 29.0 Å². The van der Waals surface area contributed by atoms with Crippen LogP contribution in [0, 0.1) is 0 Å². The summed E-state index contributed by atoms with van der Waals surface area (Å²) in [5.41, 5.74) is 0.932. The molecule has 2 heterocycles. The quantitative estimate of drug-likeness (QED) is 0.618. The number of para-hydroxylation sites is 1. The lowest BCUT2D eigenvalue weighted by Gasteiger charge is -2.23. The van der Waals surface area contributed by atoms with Crippen molar-refractivity contribution in [1.29, 1.82) is 0 Å². The molecule has 0 fully saturated rings. The van der Waals surface area contributed by atoms with E-state index in [2.05, 4.69) is 9.97 Å². The molecule has 3 rings (SSSR count). The Balaban J connectivity index is 2.16. The number of aromatic nitrogens is 2. The molecule has 3 aromatic rings. The zero-order chi connectivity index (χ0) is 14.7. The van der Waals surface area contributed by atoms with Crippen LogP contribution >= 0.6 is 23.2 Å². The summed E-state index contributed by atoms with van der Waals surface area (Å²) >= 11 is 12.0. The van der Waals surface area contributed by atoms with Crippen molar-refractivity contribution in [1.82, 2.24) is 9.97 Å². The lowest BCUT2D eigenvalue weighted by Crippen LogP contribution is -2.12. The van der Waals surface area contributed by atoms with E-state index in [9.17, 15) is 0 Å². The maximum absolute atomic E-state index is 6.01. The second kappa shape index (κ2) is 6.12.